The molecular formula is C24H24ClNO3. The van der Waals surface area contributed by atoms with E-state index >= 15 is 0 Å². The molecule has 0 atom stereocenters. The SMILES string of the molecule is CCOc1ccc(C(=O)Nc2ccc(C)c(C)c2)cc1COc1ccc(Cl)cc1. The van der Waals surface area contributed by atoms with E-state index in [4.69, 9.17) is 21.1 Å². The zero-order valence-electron chi connectivity index (χ0n) is 16.8. The number of amides is 1. The maximum absolute atomic E-state index is 12.7. The van der Waals surface area contributed by atoms with E-state index in [1.54, 1.807) is 42.5 Å². The van der Waals surface area contributed by atoms with Crippen LogP contribution in [0.25, 0.3) is 0 Å². The topological polar surface area (TPSA) is 47.6 Å². The Bertz CT molecular complexity index is 1000. The number of benzene rings is 3. The van der Waals surface area contributed by atoms with Crippen LogP contribution in [0.15, 0.2) is 60.7 Å². The lowest BCUT2D eigenvalue weighted by Crippen LogP contribution is -2.13. The molecule has 150 valence electrons. The van der Waals surface area contributed by atoms with Gasteiger partial charge in [-0.15, -0.1) is 0 Å². The van der Waals surface area contributed by atoms with Crippen LogP contribution in [0.1, 0.15) is 34.0 Å². The Morgan fingerprint density at radius 1 is 0.931 bits per heavy atom. The van der Waals surface area contributed by atoms with Crippen molar-refractivity contribution in [2.75, 3.05) is 11.9 Å². The number of anilines is 1. The minimum atomic E-state index is -0.177. The molecule has 5 heteroatoms. The second-order valence-electron chi connectivity index (χ2n) is 6.75. The standard InChI is InChI=1S/C24H24ClNO3/c1-4-28-23-12-6-18(24(27)26-21-9-5-16(2)17(3)13-21)14-19(23)15-29-22-10-7-20(25)8-11-22/h5-14H,4,15H2,1-3H3,(H,26,27). The van der Waals surface area contributed by atoms with E-state index in [-0.39, 0.29) is 12.5 Å². The molecule has 0 saturated carbocycles. The van der Waals surface area contributed by atoms with E-state index < -0.39 is 0 Å². The number of halogens is 1. The van der Waals surface area contributed by atoms with E-state index in [1.807, 2.05) is 39.0 Å². The fourth-order valence-corrected chi connectivity index (χ4v) is 2.97. The third-order valence-corrected chi connectivity index (χ3v) is 4.85. The van der Waals surface area contributed by atoms with Gasteiger partial charge in [-0.1, -0.05) is 17.7 Å². The van der Waals surface area contributed by atoms with Gasteiger partial charge >= 0.3 is 0 Å². The van der Waals surface area contributed by atoms with Crippen molar-refractivity contribution in [2.24, 2.45) is 0 Å². The molecule has 0 aromatic heterocycles. The smallest absolute Gasteiger partial charge is 0.255 e. The average molecular weight is 410 g/mol. The molecule has 0 aliphatic heterocycles. The summed E-state index contributed by atoms with van der Waals surface area (Å²) in [6.07, 6.45) is 0. The number of rotatable bonds is 7. The second-order valence-corrected chi connectivity index (χ2v) is 7.19. The van der Waals surface area contributed by atoms with Gasteiger partial charge in [0.15, 0.2) is 0 Å². The summed E-state index contributed by atoms with van der Waals surface area (Å²) >= 11 is 5.92. The van der Waals surface area contributed by atoms with Crippen LogP contribution in [0, 0.1) is 13.8 Å². The molecule has 3 rings (SSSR count). The van der Waals surface area contributed by atoms with E-state index in [0.717, 1.165) is 16.8 Å². The summed E-state index contributed by atoms with van der Waals surface area (Å²) in [5.41, 5.74) is 4.43. The van der Waals surface area contributed by atoms with Crippen LogP contribution in [0.4, 0.5) is 5.69 Å². The van der Waals surface area contributed by atoms with Crippen LogP contribution in [0.2, 0.25) is 5.02 Å². The average Bonchev–Trinajstić information content (AvgIpc) is 2.71. The summed E-state index contributed by atoms with van der Waals surface area (Å²) < 4.78 is 11.5. The molecule has 0 aliphatic rings. The molecule has 0 unspecified atom stereocenters. The molecule has 4 nitrogen and oxygen atoms in total. The number of carbonyl (C=O) groups is 1. The minimum Gasteiger partial charge on any atom is -0.493 e. The lowest BCUT2D eigenvalue weighted by atomic mass is 10.1. The predicted octanol–water partition coefficient (Wildman–Crippen LogP) is 6.19. The van der Waals surface area contributed by atoms with Crippen LogP contribution in [0.5, 0.6) is 11.5 Å². The summed E-state index contributed by atoms with van der Waals surface area (Å²) in [6, 6.07) is 18.4. The Labute approximate surface area is 176 Å². The van der Waals surface area contributed by atoms with Gasteiger partial charge in [-0.05, 0) is 86.5 Å². The molecule has 0 radical (unpaired) electrons. The van der Waals surface area contributed by atoms with Gasteiger partial charge < -0.3 is 14.8 Å². The first-order valence-electron chi connectivity index (χ1n) is 9.49. The number of nitrogens with one attached hydrogen (secondary N) is 1. The maximum atomic E-state index is 12.7. The van der Waals surface area contributed by atoms with Gasteiger partial charge in [0.1, 0.15) is 18.1 Å². The largest absolute Gasteiger partial charge is 0.493 e. The number of hydrogen-bond acceptors (Lipinski definition) is 3. The van der Waals surface area contributed by atoms with E-state index in [2.05, 4.69) is 5.32 Å². The Morgan fingerprint density at radius 2 is 1.69 bits per heavy atom. The molecule has 0 aliphatic carbocycles. The third-order valence-electron chi connectivity index (χ3n) is 4.60. The quantitative estimate of drug-likeness (QED) is 0.506. The van der Waals surface area contributed by atoms with Gasteiger partial charge in [0.05, 0.1) is 6.61 Å². The van der Waals surface area contributed by atoms with Crippen LogP contribution >= 0.6 is 11.6 Å². The van der Waals surface area contributed by atoms with Crippen LogP contribution in [0.3, 0.4) is 0 Å². The lowest BCUT2D eigenvalue weighted by Gasteiger charge is -2.14. The van der Waals surface area contributed by atoms with Crippen molar-refractivity contribution >= 4 is 23.2 Å². The third kappa shape index (κ3) is 5.52. The van der Waals surface area contributed by atoms with E-state index in [1.165, 1.54) is 5.56 Å². The molecule has 0 bridgehead atoms. The maximum Gasteiger partial charge on any atom is 0.255 e. The van der Waals surface area contributed by atoms with Crippen molar-refractivity contribution in [3.8, 4) is 11.5 Å². The number of ether oxygens (including phenoxy) is 2. The Balaban J connectivity index is 1.78. The molecule has 0 spiro atoms. The molecule has 3 aromatic rings. The van der Waals surface area contributed by atoms with Crippen molar-refractivity contribution < 1.29 is 14.3 Å². The summed E-state index contributed by atoms with van der Waals surface area (Å²) in [7, 11) is 0. The van der Waals surface area contributed by atoms with Gasteiger partial charge in [-0.25, -0.2) is 0 Å². The first-order valence-corrected chi connectivity index (χ1v) is 9.86. The van der Waals surface area contributed by atoms with Crippen molar-refractivity contribution in [2.45, 2.75) is 27.4 Å². The molecule has 3 aromatic carbocycles. The minimum absolute atomic E-state index is 0.177. The van der Waals surface area contributed by atoms with Crippen molar-refractivity contribution in [3.63, 3.8) is 0 Å². The molecule has 1 amide bonds. The number of aryl methyl sites for hydroxylation is 2. The number of carbonyl (C=O) groups excluding carboxylic acids is 1. The van der Waals surface area contributed by atoms with Crippen LogP contribution in [-0.4, -0.2) is 12.5 Å². The first kappa shape index (κ1) is 20.7. The Morgan fingerprint density at radius 3 is 2.38 bits per heavy atom. The highest BCUT2D eigenvalue weighted by Gasteiger charge is 2.12. The molecule has 29 heavy (non-hydrogen) atoms. The Hall–Kier alpha value is -2.98. The fourth-order valence-electron chi connectivity index (χ4n) is 2.84. The fraction of sp³-hybridized carbons (Fsp3) is 0.208. The summed E-state index contributed by atoms with van der Waals surface area (Å²) in [5, 5.41) is 3.60. The van der Waals surface area contributed by atoms with E-state index in [0.29, 0.717) is 28.7 Å². The monoisotopic (exact) mass is 409 g/mol. The zero-order chi connectivity index (χ0) is 20.8. The zero-order valence-corrected chi connectivity index (χ0v) is 17.5. The first-order chi connectivity index (χ1) is 14.0. The van der Waals surface area contributed by atoms with Crippen LogP contribution < -0.4 is 14.8 Å². The van der Waals surface area contributed by atoms with Gasteiger partial charge in [-0.3, -0.25) is 4.79 Å². The summed E-state index contributed by atoms with van der Waals surface area (Å²) in [4.78, 5) is 12.7. The normalized spacial score (nSPS) is 10.5. The highest BCUT2D eigenvalue weighted by atomic mass is 35.5. The van der Waals surface area contributed by atoms with Gasteiger partial charge in [-0.2, -0.15) is 0 Å². The molecule has 0 saturated heterocycles. The number of hydrogen-bond donors (Lipinski definition) is 1. The highest BCUT2D eigenvalue weighted by Crippen LogP contribution is 2.24. The second kappa shape index (κ2) is 9.48. The highest BCUT2D eigenvalue weighted by molar-refractivity contribution is 6.30. The van der Waals surface area contributed by atoms with Crippen molar-refractivity contribution in [1.29, 1.82) is 0 Å². The lowest BCUT2D eigenvalue weighted by molar-refractivity contribution is 0.102. The van der Waals surface area contributed by atoms with Gasteiger partial charge in [0.25, 0.3) is 5.91 Å². The van der Waals surface area contributed by atoms with Crippen molar-refractivity contribution in [1.82, 2.24) is 0 Å². The van der Waals surface area contributed by atoms with E-state index in [9.17, 15) is 4.79 Å². The Kier molecular flexibility index (Phi) is 6.78. The van der Waals surface area contributed by atoms with Gasteiger partial charge in [0, 0.05) is 21.8 Å². The molecule has 1 N–H and O–H groups in total. The summed E-state index contributed by atoms with van der Waals surface area (Å²) in [6.45, 7) is 6.79. The molecule has 0 fully saturated rings. The van der Waals surface area contributed by atoms with Gasteiger partial charge in [0.2, 0.25) is 0 Å². The van der Waals surface area contributed by atoms with Crippen molar-refractivity contribution in [3.05, 3.63) is 87.9 Å². The summed E-state index contributed by atoms with van der Waals surface area (Å²) in [5.74, 6) is 1.22. The molecular weight excluding hydrogens is 386 g/mol. The van der Waals surface area contributed by atoms with Crippen LogP contribution in [-0.2, 0) is 6.61 Å². The molecule has 0 heterocycles. The predicted molar refractivity (Wildman–Crippen MR) is 117 cm³/mol.